The predicted octanol–water partition coefficient (Wildman–Crippen LogP) is 4.13. The molecule has 0 unspecified atom stereocenters. The Morgan fingerprint density at radius 2 is 1.69 bits per heavy atom. The second-order valence-electron chi connectivity index (χ2n) is 3.65. The Morgan fingerprint density at radius 1 is 1.19 bits per heavy atom. The maximum Gasteiger partial charge on any atom is 0.251 e. The van der Waals surface area contributed by atoms with Crippen LogP contribution in [-0.4, -0.2) is 11.9 Å². The molecule has 4 heteroatoms. The van der Waals surface area contributed by atoms with Crippen LogP contribution in [0.15, 0.2) is 27.1 Å². The van der Waals surface area contributed by atoms with Gasteiger partial charge in [0.25, 0.3) is 5.91 Å². The van der Waals surface area contributed by atoms with Gasteiger partial charge in [-0.05, 0) is 31.0 Å². The van der Waals surface area contributed by atoms with Gasteiger partial charge in [-0.1, -0.05) is 45.7 Å². The van der Waals surface area contributed by atoms with Gasteiger partial charge in [0, 0.05) is 20.6 Å². The Kier molecular flexibility index (Phi) is 5.49. The average Bonchev–Trinajstić information content (AvgIpc) is 2.24. The molecule has 1 rings (SSSR count). The summed E-state index contributed by atoms with van der Waals surface area (Å²) in [6.07, 6.45) is 1.91. The molecule has 0 spiro atoms. The lowest BCUT2D eigenvalue weighted by atomic mass is 10.1. The summed E-state index contributed by atoms with van der Waals surface area (Å²) in [6.45, 7) is 4.15. The van der Waals surface area contributed by atoms with Gasteiger partial charge in [-0.25, -0.2) is 0 Å². The summed E-state index contributed by atoms with van der Waals surface area (Å²) in [5.74, 6) is -0.0179. The van der Waals surface area contributed by atoms with E-state index in [0.29, 0.717) is 5.56 Å². The van der Waals surface area contributed by atoms with Crippen LogP contribution >= 0.6 is 31.9 Å². The van der Waals surface area contributed by atoms with Gasteiger partial charge < -0.3 is 5.32 Å². The number of hydrogen-bond acceptors (Lipinski definition) is 1. The van der Waals surface area contributed by atoms with Gasteiger partial charge in [-0.15, -0.1) is 0 Å². The van der Waals surface area contributed by atoms with E-state index < -0.39 is 0 Å². The van der Waals surface area contributed by atoms with Crippen LogP contribution in [0.25, 0.3) is 0 Å². The van der Waals surface area contributed by atoms with Gasteiger partial charge in [-0.3, -0.25) is 4.79 Å². The smallest absolute Gasteiger partial charge is 0.251 e. The largest absolute Gasteiger partial charge is 0.349 e. The molecule has 88 valence electrons. The number of rotatable bonds is 4. The van der Waals surface area contributed by atoms with Crippen molar-refractivity contribution in [1.29, 1.82) is 0 Å². The highest BCUT2D eigenvalue weighted by molar-refractivity contribution is 9.11. The Balaban J connectivity index is 2.80. The van der Waals surface area contributed by atoms with Gasteiger partial charge in [0.1, 0.15) is 0 Å². The third-order valence-electron chi connectivity index (χ3n) is 2.45. The molecule has 0 radical (unpaired) electrons. The quantitative estimate of drug-likeness (QED) is 0.870. The first kappa shape index (κ1) is 13.7. The van der Waals surface area contributed by atoms with E-state index in [1.54, 1.807) is 0 Å². The van der Waals surface area contributed by atoms with Crippen molar-refractivity contribution in [3.63, 3.8) is 0 Å². The van der Waals surface area contributed by atoms with E-state index in [1.807, 2.05) is 18.2 Å². The van der Waals surface area contributed by atoms with Crippen LogP contribution in [0.2, 0.25) is 0 Å². The maximum absolute atomic E-state index is 11.9. The lowest BCUT2D eigenvalue weighted by Crippen LogP contribution is -2.33. The van der Waals surface area contributed by atoms with Crippen molar-refractivity contribution >= 4 is 37.8 Å². The van der Waals surface area contributed by atoms with Crippen LogP contribution in [-0.2, 0) is 0 Å². The molecule has 0 aliphatic heterocycles. The fraction of sp³-hybridized carbons (Fsp3) is 0.417. The van der Waals surface area contributed by atoms with E-state index in [1.165, 1.54) is 0 Å². The zero-order chi connectivity index (χ0) is 12.1. The van der Waals surface area contributed by atoms with E-state index in [0.717, 1.165) is 21.8 Å². The molecular formula is C12H15Br2NO. The molecule has 0 heterocycles. The summed E-state index contributed by atoms with van der Waals surface area (Å²) in [5.41, 5.74) is 0.674. The zero-order valence-electron chi connectivity index (χ0n) is 9.39. The summed E-state index contributed by atoms with van der Waals surface area (Å²) in [4.78, 5) is 11.9. The molecule has 0 aliphatic carbocycles. The van der Waals surface area contributed by atoms with E-state index in [2.05, 4.69) is 51.0 Å². The second kappa shape index (κ2) is 6.40. The molecule has 1 N–H and O–H groups in total. The predicted molar refractivity (Wildman–Crippen MR) is 73.7 cm³/mol. The molecule has 1 aromatic carbocycles. The minimum Gasteiger partial charge on any atom is -0.349 e. The summed E-state index contributed by atoms with van der Waals surface area (Å²) >= 11 is 6.74. The minimum absolute atomic E-state index is 0.0179. The van der Waals surface area contributed by atoms with Crippen LogP contribution in [0.4, 0.5) is 0 Å². The topological polar surface area (TPSA) is 29.1 Å². The van der Waals surface area contributed by atoms with Crippen LogP contribution in [0.1, 0.15) is 37.0 Å². The van der Waals surface area contributed by atoms with Crippen molar-refractivity contribution in [3.05, 3.63) is 32.7 Å². The van der Waals surface area contributed by atoms with Crippen LogP contribution < -0.4 is 5.32 Å². The highest BCUT2D eigenvalue weighted by Gasteiger charge is 2.11. The van der Waals surface area contributed by atoms with Crippen LogP contribution in [0.3, 0.4) is 0 Å². The van der Waals surface area contributed by atoms with Gasteiger partial charge in [-0.2, -0.15) is 0 Å². The van der Waals surface area contributed by atoms with Gasteiger partial charge in [0.05, 0.1) is 0 Å². The molecule has 1 amide bonds. The first-order valence-electron chi connectivity index (χ1n) is 5.33. The van der Waals surface area contributed by atoms with E-state index in [4.69, 9.17) is 0 Å². The van der Waals surface area contributed by atoms with Gasteiger partial charge in [0.15, 0.2) is 0 Å². The van der Waals surface area contributed by atoms with Gasteiger partial charge >= 0.3 is 0 Å². The average molecular weight is 349 g/mol. The normalized spacial score (nSPS) is 10.6. The molecular weight excluding hydrogens is 334 g/mol. The number of carbonyl (C=O) groups is 1. The first-order valence-corrected chi connectivity index (χ1v) is 6.92. The molecule has 1 aromatic rings. The second-order valence-corrected chi connectivity index (χ2v) is 5.48. The number of halogens is 2. The Morgan fingerprint density at radius 3 is 2.12 bits per heavy atom. The molecule has 0 bridgehead atoms. The molecule has 0 aliphatic rings. The van der Waals surface area contributed by atoms with Crippen LogP contribution in [0, 0.1) is 0 Å². The summed E-state index contributed by atoms with van der Waals surface area (Å²) in [5, 5.41) is 3.01. The van der Waals surface area contributed by atoms with E-state index in [9.17, 15) is 4.79 Å². The van der Waals surface area contributed by atoms with Crippen molar-refractivity contribution < 1.29 is 4.79 Å². The molecule has 0 fully saturated rings. The number of nitrogens with one attached hydrogen (secondary N) is 1. The zero-order valence-corrected chi connectivity index (χ0v) is 12.6. The molecule has 0 atom stereocenters. The lowest BCUT2D eigenvalue weighted by Gasteiger charge is -2.14. The Hall–Kier alpha value is -0.350. The van der Waals surface area contributed by atoms with Crippen molar-refractivity contribution in [2.45, 2.75) is 32.7 Å². The molecule has 2 nitrogen and oxygen atoms in total. The van der Waals surface area contributed by atoms with Crippen molar-refractivity contribution in [3.8, 4) is 0 Å². The summed E-state index contributed by atoms with van der Waals surface area (Å²) < 4.78 is 1.80. The third-order valence-corrected chi connectivity index (χ3v) is 3.36. The molecule has 0 aromatic heterocycles. The number of hydrogen-bond donors (Lipinski definition) is 1. The number of carbonyl (C=O) groups excluding carboxylic acids is 1. The Labute approximate surface area is 113 Å². The number of benzene rings is 1. The number of amides is 1. The fourth-order valence-corrected chi connectivity index (χ4v) is 2.74. The minimum atomic E-state index is -0.0179. The highest BCUT2D eigenvalue weighted by Crippen LogP contribution is 2.20. The van der Waals surface area contributed by atoms with Gasteiger partial charge in [0.2, 0.25) is 0 Å². The standard InChI is InChI=1S/C12H15Br2NO/c1-3-11(4-2)15-12(16)8-5-9(13)7-10(14)6-8/h5-7,11H,3-4H2,1-2H3,(H,15,16). The molecule has 0 saturated carbocycles. The van der Waals surface area contributed by atoms with Crippen molar-refractivity contribution in [2.75, 3.05) is 0 Å². The SMILES string of the molecule is CCC(CC)NC(=O)c1cc(Br)cc(Br)c1. The lowest BCUT2D eigenvalue weighted by molar-refractivity contribution is 0.0934. The monoisotopic (exact) mass is 347 g/mol. The highest BCUT2D eigenvalue weighted by atomic mass is 79.9. The summed E-state index contributed by atoms with van der Waals surface area (Å²) in [6, 6.07) is 5.81. The maximum atomic E-state index is 11.9. The van der Waals surface area contributed by atoms with Crippen LogP contribution in [0.5, 0.6) is 0 Å². The Bertz CT molecular complexity index is 355. The molecule has 16 heavy (non-hydrogen) atoms. The first-order chi connectivity index (χ1) is 7.56. The third kappa shape index (κ3) is 3.91. The van der Waals surface area contributed by atoms with E-state index >= 15 is 0 Å². The fourth-order valence-electron chi connectivity index (χ4n) is 1.45. The molecule has 0 saturated heterocycles. The summed E-state index contributed by atoms with van der Waals surface area (Å²) in [7, 11) is 0. The van der Waals surface area contributed by atoms with E-state index in [-0.39, 0.29) is 11.9 Å². The van der Waals surface area contributed by atoms with Crippen molar-refractivity contribution in [1.82, 2.24) is 5.32 Å². The van der Waals surface area contributed by atoms with Crippen molar-refractivity contribution in [2.24, 2.45) is 0 Å².